The SMILES string of the molecule is CC1(C)CNCCN(C2CCSCC2)C1. The maximum absolute atomic E-state index is 3.56. The van der Waals surface area contributed by atoms with Crippen molar-refractivity contribution in [2.45, 2.75) is 32.7 Å². The van der Waals surface area contributed by atoms with Crippen molar-refractivity contribution in [3.63, 3.8) is 0 Å². The first-order chi connectivity index (χ1) is 7.17. The van der Waals surface area contributed by atoms with Crippen LogP contribution in [0, 0.1) is 5.41 Å². The van der Waals surface area contributed by atoms with E-state index in [0.717, 1.165) is 6.04 Å². The first-order valence-electron chi connectivity index (χ1n) is 6.20. The summed E-state index contributed by atoms with van der Waals surface area (Å²) in [4.78, 5) is 2.74. The lowest BCUT2D eigenvalue weighted by molar-refractivity contribution is 0.145. The Morgan fingerprint density at radius 2 is 2.00 bits per heavy atom. The normalized spacial score (nSPS) is 30.0. The van der Waals surface area contributed by atoms with Crippen LogP contribution in [-0.4, -0.2) is 48.6 Å². The lowest BCUT2D eigenvalue weighted by Crippen LogP contribution is -2.43. The standard InChI is InChI=1S/C12H24N2S/c1-12(2)9-13-5-6-14(10-12)11-3-7-15-8-4-11/h11,13H,3-10H2,1-2H3. The fourth-order valence-electron chi connectivity index (χ4n) is 2.70. The van der Waals surface area contributed by atoms with Crippen LogP contribution in [0.3, 0.4) is 0 Å². The molecule has 0 spiro atoms. The van der Waals surface area contributed by atoms with Gasteiger partial charge in [-0.3, -0.25) is 4.90 Å². The molecule has 1 N–H and O–H groups in total. The second-order valence-electron chi connectivity index (χ2n) is 5.66. The Bertz CT molecular complexity index is 200. The minimum absolute atomic E-state index is 0.446. The second-order valence-corrected chi connectivity index (χ2v) is 6.88. The lowest BCUT2D eigenvalue weighted by Gasteiger charge is -2.37. The summed E-state index contributed by atoms with van der Waals surface area (Å²) in [7, 11) is 0. The smallest absolute Gasteiger partial charge is 0.0112 e. The van der Waals surface area contributed by atoms with Gasteiger partial charge >= 0.3 is 0 Å². The molecule has 2 nitrogen and oxygen atoms in total. The molecule has 0 aromatic carbocycles. The van der Waals surface area contributed by atoms with Crippen molar-refractivity contribution >= 4 is 11.8 Å². The summed E-state index contributed by atoms with van der Waals surface area (Å²) in [5.41, 5.74) is 0.446. The topological polar surface area (TPSA) is 15.3 Å². The van der Waals surface area contributed by atoms with E-state index in [1.807, 2.05) is 0 Å². The minimum Gasteiger partial charge on any atom is -0.315 e. The van der Waals surface area contributed by atoms with Crippen LogP contribution in [0.2, 0.25) is 0 Å². The molecule has 2 fully saturated rings. The van der Waals surface area contributed by atoms with E-state index in [1.165, 1.54) is 50.5 Å². The van der Waals surface area contributed by atoms with E-state index < -0.39 is 0 Å². The van der Waals surface area contributed by atoms with Crippen molar-refractivity contribution < 1.29 is 0 Å². The van der Waals surface area contributed by atoms with Gasteiger partial charge in [-0.1, -0.05) is 13.8 Å². The number of nitrogens with zero attached hydrogens (tertiary/aromatic N) is 1. The van der Waals surface area contributed by atoms with Gasteiger partial charge in [0.25, 0.3) is 0 Å². The van der Waals surface area contributed by atoms with Crippen LogP contribution in [0.25, 0.3) is 0 Å². The maximum Gasteiger partial charge on any atom is 0.0112 e. The molecule has 2 aliphatic rings. The zero-order valence-electron chi connectivity index (χ0n) is 10.1. The van der Waals surface area contributed by atoms with E-state index in [2.05, 4.69) is 35.8 Å². The first-order valence-corrected chi connectivity index (χ1v) is 7.35. The Balaban J connectivity index is 1.94. The predicted octanol–water partition coefficient (Wildman–Crippen LogP) is 1.81. The molecule has 2 heterocycles. The molecule has 0 bridgehead atoms. The number of hydrogen-bond acceptors (Lipinski definition) is 3. The third-order valence-electron chi connectivity index (χ3n) is 3.52. The summed E-state index contributed by atoms with van der Waals surface area (Å²) in [6.45, 7) is 9.64. The van der Waals surface area contributed by atoms with Gasteiger partial charge in [0.15, 0.2) is 0 Å². The van der Waals surface area contributed by atoms with Crippen LogP contribution < -0.4 is 5.32 Å². The summed E-state index contributed by atoms with van der Waals surface area (Å²) in [6, 6.07) is 0.866. The first kappa shape index (κ1) is 11.7. The zero-order valence-corrected chi connectivity index (χ0v) is 10.9. The van der Waals surface area contributed by atoms with E-state index >= 15 is 0 Å². The van der Waals surface area contributed by atoms with Crippen molar-refractivity contribution in [3.05, 3.63) is 0 Å². The number of nitrogens with one attached hydrogen (secondary N) is 1. The summed E-state index contributed by atoms with van der Waals surface area (Å²) >= 11 is 2.13. The van der Waals surface area contributed by atoms with E-state index in [1.54, 1.807) is 0 Å². The molecule has 3 heteroatoms. The van der Waals surface area contributed by atoms with Gasteiger partial charge in [-0.05, 0) is 29.8 Å². The number of thioether (sulfide) groups is 1. The van der Waals surface area contributed by atoms with Crippen molar-refractivity contribution in [2.24, 2.45) is 5.41 Å². The van der Waals surface area contributed by atoms with Crippen LogP contribution in [0.5, 0.6) is 0 Å². The van der Waals surface area contributed by atoms with Crippen molar-refractivity contribution in [1.29, 1.82) is 0 Å². The second kappa shape index (κ2) is 5.07. The summed E-state index contributed by atoms with van der Waals surface area (Å²) in [5, 5.41) is 3.56. The molecule has 0 aliphatic carbocycles. The highest BCUT2D eigenvalue weighted by molar-refractivity contribution is 7.99. The van der Waals surface area contributed by atoms with Gasteiger partial charge in [-0.15, -0.1) is 0 Å². The molecule has 2 rings (SSSR count). The fourth-order valence-corrected chi connectivity index (χ4v) is 3.78. The zero-order chi connectivity index (χ0) is 10.7. The molecule has 0 saturated carbocycles. The molecule has 0 amide bonds. The van der Waals surface area contributed by atoms with Crippen LogP contribution >= 0.6 is 11.8 Å². The Hall–Kier alpha value is 0.270. The van der Waals surface area contributed by atoms with E-state index in [0.29, 0.717) is 5.41 Å². The molecule has 0 unspecified atom stereocenters. The van der Waals surface area contributed by atoms with Crippen LogP contribution in [0.1, 0.15) is 26.7 Å². The van der Waals surface area contributed by atoms with Gasteiger partial charge in [-0.25, -0.2) is 0 Å². The average molecular weight is 228 g/mol. The molecule has 2 aliphatic heterocycles. The highest BCUT2D eigenvalue weighted by atomic mass is 32.2. The van der Waals surface area contributed by atoms with Gasteiger partial charge < -0.3 is 5.32 Å². The van der Waals surface area contributed by atoms with Crippen molar-refractivity contribution in [1.82, 2.24) is 10.2 Å². The third kappa shape index (κ3) is 3.36. The van der Waals surface area contributed by atoms with Gasteiger partial charge in [-0.2, -0.15) is 11.8 Å². The van der Waals surface area contributed by atoms with Crippen LogP contribution in [-0.2, 0) is 0 Å². The van der Waals surface area contributed by atoms with Gasteiger partial charge in [0.05, 0.1) is 0 Å². The molecular weight excluding hydrogens is 204 g/mol. The summed E-state index contributed by atoms with van der Waals surface area (Å²) < 4.78 is 0. The Kier molecular flexibility index (Phi) is 3.97. The van der Waals surface area contributed by atoms with Crippen molar-refractivity contribution in [3.8, 4) is 0 Å². The molecule has 15 heavy (non-hydrogen) atoms. The van der Waals surface area contributed by atoms with Crippen molar-refractivity contribution in [2.75, 3.05) is 37.7 Å². The molecule has 0 aromatic heterocycles. The molecular formula is C12H24N2S. The molecule has 88 valence electrons. The fraction of sp³-hybridized carbons (Fsp3) is 1.00. The molecule has 0 atom stereocenters. The predicted molar refractivity (Wildman–Crippen MR) is 68.6 cm³/mol. The Morgan fingerprint density at radius 3 is 2.73 bits per heavy atom. The summed E-state index contributed by atoms with van der Waals surface area (Å²) in [6.07, 6.45) is 2.81. The van der Waals surface area contributed by atoms with E-state index in [-0.39, 0.29) is 0 Å². The quantitative estimate of drug-likeness (QED) is 0.737. The minimum atomic E-state index is 0.446. The van der Waals surface area contributed by atoms with Gasteiger partial charge in [0.2, 0.25) is 0 Å². The van der Waals surface area contributed by atoms with E-state index in [4.69, 9.17) is 0 Å². The largest absolute Gasteiger partial charge is 0.315 e. The Morgan fingerprint density at radius 1 is 1.27 bits per heavy atom. The third-order valence-corrected chi connectivity index (χ3v) is 4.57. The highest BCUT2D eigenvalue weighted by Gasteiger charge is 2.29. The Labute approximate surface area is 98.2 Å². The average Bonchev–Trinajstić information content (AvgIpc) is 2.41. The number of rotatable bonds is 1. The molecule has 0 aromatic rings. The molecule has 2 saturated heterocycles. The highest BCUT2D eigenvalue weighted by Crippen LogP contribution is 2.26. The lowest BCUT2D eigenvalue weighted by atomic mass is 9.92. The van der Waals surface area contributed by atoms with Gasteiger partial charge in [0, 0.05) is 32.2 Å². The monoisotopic (exact) mass is 228 g/mol. The van der Waals surface area contributed by atoms with Crippen LogP contribution in [0.4, 0.5) is 0 Å². The maximum atomic E-state index is 3.56. The van der Waals surface area contributed by atoms with Crippen LogP contribution in [0.15, 0.2) is 0 Å². The summed E-state index contributed by atoms with van der Waals surface area (Å²) in [5.74, 6) is 2.74. The number of hydrogen-bond donors (Lipinski definition) is 1. The molecule has 0 radical (unpaired) electrons. The van der Waals surface area contributed by atoms with E-state index in [9.17, 15) is 0 Å². The van der Waals surface area contributed by atoms with Gasteiger partial charge in [0.1, 0.15) is 0 Å².